The van der Waals surface area contributed by atoms with E-state index in [0.29, 0.717) is 56.8 Å². The molecule has 1 unspecified atom stereocenters. The van der Waals surface area contributed by atoms with Crippen LogP contribution >= 0.6 is 24.0 Å². The van der Waals surface area contributed by atoms with Gasteiger partial charge in [0.25, 0.3) is 0 Å². The maximum atomic E-state index is 14.6. The van der Waals surface area contributed by atoms with Gasteiger partial charge in [-0.3, -0.25) is 0 Å². The van der Waals surface area contributed by atoms with Gasteiger partial charge in [-0.1, -0.05) is 6.07 Å². The fraction of sp³-hybridized carbons (Fsp3) is 0.500. The molecule has 1 saturated heterocycles. The van der Waals surface area contributed by atoms with E-state index < -0.39 is 5.60 Å². The van der Waals surface area contributed by atoms with Gasteiger partial charge in [0.15, 0.2) is 5.96 Å². The highest BCUT2D eigenvalue weighted by molar-refractivity contribution is 14.0. The Morgan fingerprint density at radius 3 is 2.58 bits per heavy atom. The SMILES string of the molecule is CCNC(=NCc1ccc(N2CCOCC2)c(F)c1)NCC(C)(O)c1ccc(C)o1.I. The molecule has 172 valence electrons. The van der Waals surface area contributed by atoms with Gasteiger partial charge in [-0.15, -0.1) is 24.0 Å². The molecule has 0 aliphatic carbocycles. The molecule has 0 spiro atoms. The summed E-state index contributed by atoms with van der Waals surface area (Å²) in [5.74, 6) is 1.52. The van der Waals surface area contributed by atoms with Crippen molar-refractivity contribution in [3.8, 4) is 0 Å². The number of anilines is 1. The maximum absolute atomic E-state index is 14.6. The first-order valence-electron chi connectivity index (χ1n) is 10.3. The van der Waals surface area contributed by atoms with Gasteiger partial charge in [-0.05, 0) is 50.6 Å². The average molecular weight is 546 g/mol. The Morgan fingerprint density at radius 2 is 1.97 bits per heavy atom. The summed E-state index contributed by atoms with van der Waals surface area (Å²) in [4.78, 5) is 6.52. The van der Waals surface area contributed by atoms with E-state index in [0.717, 1.165) is 11.3 Å². The zero-order chi connectivity index (χ0) is 21.6. The van der Waals surface area contributed by atoms with E-state index in [1.54, 1.807) is 19.1 Å². The minimum Gasteiger partial charge on any atom is -0.463 e. The lowest BCUT2D eigenvalue weighted by molar-refractivity contribution is 0.0378. The van der Waals surface area contributed by atoms with Crippen molar-refractivity contribution in [1.29, 1.82) is 0 Å². The Morgan fingerprint density at radius 1 is 1.23 bits per heavy atom. The van der Waals surface area contributed by atoms with Crippen LogP contribution in [-0.4, -0.2) is 50.5 Å². The second-order valence-electron chi connectivity index (χ2n) is 7.62. The summed E-state index contributed by atoms with van der Waals surface area (Å²) in [5, 5.41) is 17.0. The molecular formula is C22H32FIN4O3. The Hall–Kier alpha value is -1.85. The number of hydrogen-bond acceptors (Lipinski definition) is 5. The van der Waals surface area contributed by atoms with Crippen LogP contribution in [0.1, 0.15) is 30.9 Å². The zero-order valence-corrected chi connectivity index (χ0v) is 20.6. The molecule has 9 heteroatoms. The van der Waals surface area contributed by atoms with Crippen LogP contribution in [0.3, 0.4) is 0 Å². The van der Waals surface area contributed by atoms with Gasteiger partial charge < -0.3 is 29.8 Å². The van der Waals surface area contributed by atoms with Gasteiger partial charge in [-0.25, -0.2) is 9.38 Å². The number of rotatable bonds is 7. The van der Waals surface area contributed by atoms with Gasteiger partial charge in [0.1, 0.15) is 22.9 Å². The monoisotopic (exact) mass is 546 g/mol. The molecule has 1 atom stereocenters. The van der Waals surface area contributed by atoms with E-state index in [9.17, 15) is 9.50 Å². The van der Waals surface area contributed by atoms with Gasteiger partial charge in [0.05, 0.1) is 32.0 Å². The third kappa shape index (κ3) is 7.08. The Balaban J connectivity index is 0.00000341. The predicted octanol–water partition coefficient (Wildman–Crippen LogP) is 3.14. The van der Waals surface area contributed by atoms with Crippen LogP contribution in [0.4, 0.5) is 10.1 Å². The fourth-order valence-corrected chi connectivity index (χ4v) is 3.29. The first kappa shape index (κ1) is 25.4. The number of morpholine rings is 1. The number of nitrogens with one attached hydrogen (secondary N) is 2. The second kappa shape index (κ2) is 11.7. The summed E-state index contributed by atoms with van der Waals surface area (Å²) in [5.41, 5.74) is 0.187. The minimum absolute atomic E-state index is 0. The molecule has 3 N–H and O–H groups in total. The molecule has 2 heterocycles. The van der Waals surface area contributed by atoms with E-state index >= 15 is 0 Å². The van der Waals surface area contributed by atoms with Gasteiger partial charge in [-0.2, -0.15) is 0 Å². The molecule has 0 amide bonds. The highest BCUT2D eigenvalue weighted by atomic mass is 127. The molecule has 1 aromatic heterocycles. The molecule has 0 bridgehead atoms. The lowest BCUT2D eigenvalue weighted by atomic mass is 10.0. The van der Waals surface area contributed by atoms with E-state index in [-0.39, 0.29) is 36.3 Å². The van der Waals surface area contributed by atoms with Crippen molar-refractivity contribution in [2.24, 2.45) is 4.99 Å². The number of halogens is 2. The normalized spacial score (nSPS) is 16.4. The average Bonchev–Trinajstić information content (AvgIpc) is 3.18. The fourth-order valence-electron chi connectivity index (χ4n) is 3.29. The standard InChI is InChI=1S/C22H31FN4O3.HI/c1-4-24-21(26-15-22(3,28)20-8-5-16(2)30-20)25-14-17-6-7-19(18(23)13-17)27-9-11-29-12-10-27;/h5-8,13,28H,4,9-12,14-15H2,1-3H3,(H2,24,25,26);1H. The second-order valence-corrected chi connectivity index (χ2v) is 7.62. The van der Waals surface area contributed by atoms with Crippen LogP contribution in [0.15, 0.2) is 39.7 Å². The highest BCUT2D eigenvalue weighted by Crippen LogP contribution is 2.23. The van der Waals surface area contributed by atoms with Crippen LogP contribution in [0.5, 0.6) is 0 Å². The minimum atomic E-state index is -1.18. The molecule has 0 saturated carbocycles. The van der Waals surface area contributed by atoms with Gasteiger partial charge in [0, 0.05) is 19.6 Å². The van der Waals surface area contributed by atoms with Crippen LogP contribution < -0.4 is 15.5 Å². The summed E-state index contributed by atoms with van der Waals surface area (Å²) in [6.07, 6.45) is 0. The molecule has 1 aromatic carbocycles. The lowest BCUT2D eigenvalue weighted by Gasteiger charge is -2.29. The Bertz CT molecular complexity index is 866. The number of aliphatic imine (C=N–C) groups is 1. The third-order valence-electron chi connectivity index (χ3n) is 5.00. The largest absolute Gasteiger partial charge is 0.463 e. The molecular weight excluding hydrogens is 514 g/mol. The molecule has 1 aliphatic rings. The number of benzene rings is 1. The molecule has 0 radical (unpaired) electrons. The summed E-state index contributed by atoms with van der Waals surface area (Å²) >= 11 is 0. The Kier molecular flexibility index (Phi) is 9.57. The summed E-state index contributed by atoms with van der Waals surface area (Å²) in [7, 11) is 0. The topological polar surface area (TPSA) is 82.3 Å². The number of ether oxygens (including phenoxy) is 1. The smallest absolute Gasteiger partial charge is 0.191 e. The quantitative estimate of drug-likeness (QED) is 0.281. The lowest BCUT2D eigenvalue weighted by Crippen LogP contribution is -2.44. The highest BCUT2D eigenvalue weighted by Gasteiger charge is 2.27. The van der Waals surface area contributed by atoms with Crippen molar-refractivity contribution >= 4 is 35.6 Å². The molecule has 3 rings (SSSR count). The van der Waals surface area contributed by atoms with Crippen LogP contribution in [0.2, 0.25) is 0 Å². The van der Waals surface area contributed by atoms with E-state index in [4.69, 9.17) is 9.15 Å². The zero-order valence-electron chi connectivity index (χ0n) is 18.3. The summed E-state index contributed by atoms with van der Waals surface area (Å²) < 4.78 is 25.5. The van der Waals surface area contributed by atoms with Gasteiger partial charge in [0.2, 0.25) is 0 Å². The van der Waals surface area contributed by atoms with Crippen molar-refractivity contribution < 1.29 is 18.7 Å². The van der Waals surface area contributed by atoms with Crippen LogP contribution in [0, 0.1) is 12.7 Å². The molecule has 1 aliphatic heterocycles. The van der Waals surface area contributed by atoms with Crippen molar-refractivity contribution in [3.63, 3.8) is 0 Å². The number of furan rings is 1. The number of nitrogens with zero attached hydrogens (tertiary/aromatic N) is 2. The number of aliphatic hydroxyl groups is 1. The molecule has 31 heavy (non-hydrogen) atoms. The molecule has 2 aromatic rings. The van der Waals surface area contributed by atoms with Crippen molar-refractivity contribution in [2.75, 3.05) is 44.3 Å². The van der Waals surface area contributed by atoms with E-state index in [1.165, 1.54) is 6.07 Å². The number of hydrogen-bond donors (Lipinski definition) is 3. The van der Waals surface area contributed by atoms with Gasteiger partial charge >= 0.3 is 0 Å². The van der Waals surface area contributed by atoms with Crippen molar-refractivity contribution in [2.45, 2.75) is 32.9 Å². The van der Waals surface area contributed by atoms with Crippen molar-refractivity contribution in [3.05, 3.63) is 53.2 Å². The van der Waals surface area contributed by atoms with Crippen molar-refractivity contribution in [1.82, 2.24) is 10.6 Å². The molecule has 1 fully saturated rings. The van der Waals surface area contributed by atoms with E-state index in [1.807, 2.05) is 30.9 Å². The summed E-state index contributed by atoms with van der Waals surface area (Å²) in [6.45, 7) is 9.29. The maximum Gasteiger partial charge on any atom is 0.191 e. The number of guanidine groups is 1. The first-order valence-corrected chi connectivity index (χ1v) is 10.3. The van der Waals surface area contributed by atoms with Crippen LogP contribution in [-0.2, 0) is 16.9 Å². The molecule has 7 nitrogen and oxygen atoms in total. The summed E-state index contributed by atoms with van der Waals surface area (Å²) in [6, 6.07) is 8.80. The Labute approximate surface area is 200 Å². The predicted molar refractivity (Wildman–Crippen MR) is 131 cm³/mol. The van der Waals surface area contributed by atoms with E-state index in [2.05, 4.69) is 15.6 Å². The first-order chi connectivity index (χ1) is 14.4. The number of aryl methyl sites for hydroxylation is 1. The third-order valence-corrected chi connectivity index (χ3v) is 5.00. The van der Waals surface area contributed by atoms with Crippen LogP contribution in [0.25, 0.3) is 0 Å².